The molecule has 0 spiro atoms. The van der Waals surface area contributed by atoms with Crippen LogP contribution in [0.5, 0.6) is 0 Å². The number of thiazole rings is 1. The highest BCUT2D eigenvalue weighted by Gasteiger charge is 2.24. The fourth-order valence-corrected chi connectivity index (χ4v) is 3.34. The molecule has 0 radical (unpaired) electrons. The Balaban J connectivity index is 2.63. The average Bonchev–Trinajstić information content (AvgIpc) is 2.99. The van der Waals surface area contributed by atoms with Crippen molar-refractivity contribution in [1.82, 2.24) is 15.6 Å². The van der Waals surface area contributed by atoms with Crippen molar-refractivity contribution in [3.63, 3.8) is 0 Å². The number of aromatic nitrogens is 1. The van der Waals surface area contributed by atoms with E-state index in [-0.39, 0.29) is 0 Å². The molecule has 6 heteroatoms. The summed E-state index contributed by atoms with van der Waals surface area (Å²) in [6.45, 7) is 10.3. The molecule has 0 saturated heterocycles. The first-order valence-electron chi connectivity index (χ1n) is 8.75. The number of guanidine groups is 1. The van der Waals surface area contributed by atoms with Gasteiger partial charge in [-0.25, -0.2) is 9.98 Å². The Morgan fingerprint density at radius 1 is 1.22 bits per heavy atom. The van der Waals surface area contributed by atoms with Gasteiger partial charge >= 0.3 is 0 Å². The van der Waals surface area contributed by atoms with Crippen LogP contribution in [0.25, 0.3) is 0 Å². The number of hydrogen-bond donors (Lipinski definition) is 3. The smallest absolute Gasteiger partial charge is 0.191 e. The van der Waals surface area contributed by atoms with E-state index in [0.717, 1.165) is 49.6 Å². The molecule has 3 N–H and O–H groups in total. The van der Waals surface area contributed by atoms with Gasteiger partial charge in [0.2, 0.25) is 0 Å². The van der Waals surface area contributed by atoms with E-state index in [2.05, 4.69) is 41.4 Å². The van der Waals surface area contributed by atoms with Crippen LogP contribution in [0.4, 0.5) is 0 Å². The molecule has 1 aromatic rings. The Labute approximate surface area is 144 Å². The predicted octanol–water partition coefficient (Wildman–Crippen LogP) is 3.09. The molecule has 132 valence electrons. The largest absolute Gasteiger partial charge is 0.388 e. The third-order valence-corrected chi connectivity index (χ3v) is 4.81. The van der Waals surface area contributed by atoms with Crippen LogP contribution in [0.3, 0.4) is 0 Å². The van der Waals surface area contributed by atoms with Crippen molar-refractivity contribution in [3.8, 4) is 0 Å². The molecular weight excluding hydrogens is 308 g/mol. The van der Waals surface area contributed by atoms with Crippen molar-refractivity contribution in [2.24, 2.45) is 4.99 Å². The summed E-state index contributed by atoms with van der Waals surface area (Å²) in [7, 11) is 0. The summed E-state index contributed by atoms with van der Waals surface area (Å²) >= 11 is 1.71. The van der Waals surface area contributed by atoms with Gasteiger partial charge in [-0.15, -0.1) is 11.3 Å². The Hall–Kier alpha value is -1.14. The Kier molecular flexibility index (Phi) is 9.17. The second-order valence-electron chi connectivity index (χ2n) is 5.85. The summed E-state index contributed by atoms with van der Waals surface area (Å²) < 4.78 is 0. The normalized spacial score (nSPS) is 12.5. The van der Waals surface area contributed by atoms with Crippen molar-refractivity contribution < 1.29 is 5.11 Å². The molecule has 0 aliphatic heterocycles. The first-order chi connectivity index (χ1) is 11.1. The summed E-state index contributed by atoms with van der Waals surface area (Å²) in [6, 6.07) is 0. The standard InChI is InChI=1S/C17H32N4OS/c1-5-9-17(22,10-6-2)13-21-16(18-8-4)20-12-15-19-11-14(7-3)23-15/h11,22H,5-10,12-13H2,1-4H3,(H2,18,20,21). The van der Waals surface area contributed by atoms with Gasteiger partial charge in [-0.1, -0.05) is 33.6 Å². The second kappa shape index (κ2) is 10.6. The number of nitrogens with zero attached hydrogens (tertiary/aromatic N) is 2. The zero-order chi connectivity index (χ0) is 17.1. The highest BCUT2D eigenvalue weighted by Crippen LogP contribution is 2.18. The fourth-order valence-electron chi connectivity index (χ4n) is 2.55. The van der Waals surface area contributed by atoms with Crippen LogP contribution in [0.15, 0.2) is 11.2 Å². The topological polar surface area (TPSA) is 69.5 Å². The lowest BCUT2D eigenvalue weighted by Gasteiger charge is -2.28. The van der Waals surface area contributed by atoms with Gasteiger partial charge in [0, 0.05) is 24.2 Å². The molecule has 0 amide bonds. The van der Waals surface area contributed by atoms with Crippen LogP contribution >= 0.6 is 11.3 Å². The van der Waals surface area contributed by atoms with Crippen LogP contribution in [-0.4, -0.2) is 34.7 Å². The summed E-state index contributed by atoms with van der Waals surface area (Å²) in [6.07, 6.45) is 6.51. The summed E-state index contributed by atoms with van der Waals surface area (Å²) in [4.78, 5) is 10.3. The van der Waals surface area contributed by atoms with E-state index in [9.17, 15) is 5.11 Å². The molecule has 1 heterocycles. The van der Waals surface area contributed by atoms with E-state index in [1.807, 2.05) is 13.1 Å². The van der Waals surface area contributed by atoms with Gasteiger partial charge in [0.25, 0.3) is 0 Å². The van der Waals surface area contributed by atoms with Crippen LogP contribution in [0.2, 0.25) is 0 Å². The minimum Gasteiger partial charge on any atom is -0.388 e. The number of aryl methyl sites for hydroxylation is 1. The van der Waals surface area contributed by atoms with Gasteiger partial charge in [-0.2, -0.15) is 0 Å². The monoisotopic (exact) mass is 340 g/mol. The minimum absolute atomic E-state index is 0.526. The molecule has 0 bridgehead atoms. The second-order valence-corrected chi connectivity index (χ2v) is 7.05. The molecule has 0 fully saturated rings. The van der Waals surface area contributed by atoms with Crippen molar-refractivity contribution >= 4 is 17.3 Å². The maximum atomic E-state index is 10.7. The molecule has 1 aromatic heterocycles. The molecule has 0 aliphatic carbocycles. The summed E-state index contributed by atoms with van der Waals surface area (Å²) in [5.74, 6) is 0.742. The van der Waals surface area contributed by atoms with Gasteiger partial charge in [-0.05, 0) is 26.2 Å². The fraction of sp³-hybridized carbons (Fsp3) is 0.765. The number of aliphatic hydroxyl groups is 1. The zero-order valence-electron chi connectivity index (χ0n) is 15.0. The molecule has 0 aliphatic rings. The third kappa shape index (κ3) is 7.31. The number of hydrogen-bond acceptors (Lipinski definition) is 4. The van der Waals surface area contributed by atoms with E-state index in [1.54, 1.807) is 11.3 Å². The molecule has 0 saturated carbocycles. The number of rotatable bonds is 10. The number of aliphatic imine (C=N–C) groups is 1. The molecule has 5 nitrogen and oxygen atoms in total. The highest BCUT2D eigenvalue weighted by atomic mass is 32.1. The number of nitrogens with one attached hydrogen (secondary N) is 2. The SMILES string of the molecule is CCCC(O)(CCC)CNC(=NCc1ncc(CC)s1)NCC. The van der Waals surface area contributed by atoms with E-state index in [1.165, 1.54) is 4.88 Å². The van der Waals surface area contributed by atoms with Crippen LogP contribution in [0.1, 0.15) is 63.3 Å². The summed E-state index contributed by atoms with van der Waals surface area (Å²) in [5, 5.41) is 18.2. The van der Waals surface area contributed by atoms with Gasteiger partial charge in [0.1, 0.15) is 5.01 Å². The minimum atomic E-state index is -0.656. The van der Waals surface area contributed by atoms with Crippen LogP contribution in [-0.2, 0) is 13.0 Å². The Bertz CT molecular complexity index is 467. The van der Waals surface area contributed by atoms with Crippen LogP contribution < -0.4 is 10.6 Å². The van der Waals surface area contributed by atoms with Crippen LogP contribution in [0, 0.1) is 0 Å². The van der Waals surface area contributed by atoms with Crippen molar-refractivity contribution in [3.05, 3.63) is 16.1 Å². The van der Waals surface area contributed by atoms with E-state index >= 15 is 0 Å². The molecule has 23 heavy (non-hydrogen) atoms. The van der Waals surface area contributed by atoms with Crippen molar-refractivity contribution in [2.75, 3.05) is 13.1 Å². The van der Waals surface area contributed by atoms with Gasteiger partial charge < -0.3 is 15.7 Å². The maximum absolute atomic E-state index is 10.7. The molecular formula is C17H32N4OS. The maximum Gasteiger partial charge on any atom is 0.191 e. The van der Waals surface area contributed by atoms with E-state index in [4.69, 9.17) is 0 Å². The Morgan fingerprint density at radius 3 is 2.43 bits per heavy atom. The Morgan fingerprint density at radius 2 is 1.91 bits per heavy atom. The molecule has 0 unspecified atom stereocenters. The molecule has 0 aromatic carbocycles. The van der Waals surface area contributed by atoms with Gasteiger partial charge in [0.05, 0.1) is 12.1 Å². The first kappa shape index (κ1) is 19.9. The highest BCUT2D eigenvalue weighted by molar-refractivity contribution is 7.11. The average molecular weight is 341 g/mol. The lowest BCUT2D eigenvalue weighted by atomic mass is 9.93. The quantitative estimate of drug-likeness (QED) is 0.452. The molecule has 1 rings (SSSR count). The lowest BCUT2D eigenvalue weighted by molar-refractivity contribution is 0.0257. The molecule has 0 atom stereocenters. The van der Waals surface area contributed by atoms with Crippen molar-refractivity contribution in [1.29, 1.82) is 0 Å². The lowest BCUT2D eigenvalue weighted by Crippen LogP contribution is -2.47. The third-order valence-electron chi connectivity index (χ3n) is 3.68. The van der Waals surface area contributed by atoms with Gasteiger partial charge in [-0.3, -0.25) is 0 Å². The van der Waals surface area contributed by atoms with Crippen molar-refractivity contribution in [2.45, 2.75) is 71.9 Å². The zero-order valence-corrected chi connectivity index (χ0v) is 15.8. The summed E-state index contributed by atoms with van der Waals surface area (Å²) in [5.41, 5.74) is -0.656. The van der Waals surface area contributed by atoms with E-state index in [0.29, 0.717) is 13.1 Å². The first-order valence-corrected chi connectivity index (χ1v) is 9.56. The van der Waals surface area contributed by atoms with Gasteiger partial charge in [0.15, 0.2) is 5.96 Å². The predicted molar refractivity (Wildman–Crippen MR) is 99.1 cm³/mol. The van der Waals surface area contributed by atoms with E-state index < -0.39 is 5.60 Å².